The van der Waals surface area contributed by atoms with Gasteiger partial charge in [-0.15, -0.1) is 0 Å². The first-order valence-corrected chi connectivity index (χ1v) is 10.8. The predicted molar refractivity (Wildman–Crippen MR) is 123 cm³/mol. The third kappa shape index (κ3) is 7.33. The van der Waals surface area contributed by atoms with Crippen LogP contribution in [0, 0.1) is 0 Å². The van der Waals surface area contributed by atoms with Crippen molar-refractivity contribution >= 4 is 35.0 Å². The molecule has 0 bridgehead atoms. The first-order chi connectivity index (χ1) is 14.7. The highest BCUT2D eigenvalue weighted by Gasteiger charge is 2.29. The third-order valence-corrected chi connectivity index (χ3v) is 5.10. The molecule has 6 nitrogen and oxygen atoms in total. The number of carbonyl (C=O) groups is 2. The van der Waals surface area contributed by atoms with E-state index in [-0.39, 0.29) is 31.0 Å². The van der Waals surface area contributed by atoms with E-state index in [1.165, 1.54) is 4.90 Å². The second kappa shape index (κ2) is 11.8. The molecular formula is C23H28Cl2N2O4. The molecule has 8 heteroatoms. The fourth-order valence-corrected chi connectivity index (χ4v) is 3.51. The van der Waals surface area contributed by atoms with Crippen LogP contribution in [0.4, 0.5) is 0 Å². The van der Waals surface area contributed by atoms with Crippen molar-refractivity contribution in [2.75, 3.05) is 13.7 Å². The normalized spacial score (nSPS) is 11.7. The molecule has 0 aliphatic rings. The van der Waals surface area contributed by atoms with Gasteiger partial charge in [0, 0.05) is 17.6 Å². The molecule has 168 valence electrons. The second-order valence-corrected chi connectivity index (χ2v) is 8.16. The highest BCUT2D eigenvalue weighted by molar-refractivity contribution is 6.35. The van der Waals surface area contributed by atoms with E-state index in [4.69, 9.17) is 32.7 Å². The fourth-order valence-electron chi connectivity index (χ4n) is 3.04. The number of hydrogen-bond donors (Lipinski definition) is 1. The van der Waals surface area contributed by atoms with Crippen molar-refractivity contribution in [3.63, 3.8) is 0 Å². The Bertz CT molecular complexity index is 888. The molecule has 0 fully saturated rings. The first kappa shape index (κ1) is 24.8. The highest BCUT2D eigenvalue weighted by Crippen LogP contribution is 2.27. The Balaban J connectivity index is 2.23. The first-order valence-electron chi connectivity index (χ1n) is 10.1. The van der Waals surface area contributed by atoms with Crippen LogP contribution in [0.3, 0.4) is 0 Å². The zero-order valence-corrected chi connectivity index (χ0v) is 19.7. The van der Waals surface area contributed by atoms with Gasteiger partial charge in [-0.25, -0.2) is 0 Å². The summed E-state index contributed by atoms with van der Waals surface area (Å²) in [5.74, 6) is 0.534. The van der Waals surface area contributed by atoms with E-state index < -0.39 is 6.04 Å². The summed E-state index contributed by atoms with van der Waals surface area (Å²) in [7, 11) is 1.59. The van der Waals surface area contributed by atoms with Crippen LogP contribution in [0.25, 0.3) is 0 Å². The quantitative estimate of drug-likeness (QED) is 0.550. The van der Waals surface area contributed by atoms with Gasteiger partial charge in [-0.05, 0) is 56.2 Å². The van der Waals surface area contributed by atoms with Gasteiger partial charge in [0.2, 0.25) is 5.91 Å². The number of nitrogens with zero attached hydrogens (tertiary/aromatic N) is 1. The lowest BCUT2D eigenvalue weighted by Gasteiger charge is -2.31. The molecule has 0 heterocycles. The van der Waals surface area contributed by atoms with Crippen LogP contribution in [0.1, 0.15) is 32.8 Å². The smallest absolute Gasteiger partial charge is 0.261 e. The summed E-state index contributed by atoms with van der Waals surface area (Å²) < 4.78 is 10.8. The molecule has 31 heavy (non-hydrogen) atoms. The molecule has 1 atom stereocenters. The highest BCUT2D eigenvalue weighted by atomic mass is 35.5. The van der Waals surface area contributed by atoms with E-state index in [2.05, 4.69) is 5.32 Å². The van der Waals surface area contributed by atoms with Gasteiger partial charge in [0.25, 0.3) is 5.91 Å². The number of methoxy groups -OCH3 is 1. The monoisotopic (exact) mass is 466 g/mol. The minimum Gasteiger partial charge on any atom is -0.497 e. The molecule has 2 amide bonds. The van der Waals surface area contributed by atoms with Crippen molar-refractivity contribution in [2.24, 2.45) is 0 Å². The standard InChI is InChI=1S/C23H28Cl2N2O4/c1-5-20(23(29)26-15(2)3)27(13-16-6-9-18(30-4)10-7-16)22(28)14-31-21-11-8-17(24)12-19(21)25/h6-12,15,20H,5,13-14H2,1-4H3,(H,26,29)/t20-/m0/s1. The molecule has 0 aliphatic carbocycles. The maximum absolute atomic E-state index is 13.1. The zero-order chi connectivity index (χ0) is 23.0. The van der Waals surface area contributed by atoms with Crippen molar-refractivity contribution in [1.29, 1.82) is 0 Å². The Kier molecular flexibility index (Phi) is 9.46. The van der Waals surface area contributed by atoms with Gasteiger partial charge in [0.15, 0.2) is 6.61 Å². The van der Waals surface area contributed by atoms with E-state index >= 15 is 0 Å². The summed E-state index contributed by atoms with van der Waals surface area (Å²) in [5, 5.41) is 3.68. The molecule has 0 spiro atoms. The number of rotatable bonds is 10. The van der Waals surface area contributed by atoms with Gasteiger partial charge in [0.05, 0.1) is 12.1 Å². The van der Waals surface area contributed by atoms with Crippen molar-refractivity contribution in [2.45, 2.75) is 45.8 Å². The summed E-state index contributed by atoms with van der Waals surface area (Å²) in [6.45, 7) is 5.63. The van der Waals surface area contributed by atoms with Crippen molar-refractivity contribution in [3.8, 4) is 11.5 Å². The summed E-state index contributed by atoms with van der Waals surface area (Å²) in [4.78, 5) is 27.5. The number of carbonyl (C=O) groups excluding carboxylic acids is 2. The number of benzene rings is 2. The lowest BCUT2D eigenvalue weighted by atomic mass is 10.1. The van der Waals surface area contributed by atoms with E-state index in [1.807, 2.05) is 45.0 Å². The molecule has 0 aromatic heterocycles. The van der Waals surface area contributed by atoms with Crippen LogP contribution in [-0.4, -0.2) is 42.5 Å². The van der Waals surface area contributed by atoms with Crippen LogP contribution in [0.15, 0.2) is 42.5 Å². The number of nitrogens with one attached hydrogen (secondary N) is 1. The van der Waals surface area contributed by atoms with Crippen molar-refractivity contribution < 1.29 is 19.1 Å². The second-order valence-electron chi connectivity index (χ2n) is 7.32. The summed E-state index contributed by atoms with van der Waals surface area (Å²) in [6.07, 6.45) is 0.460. The average Bonchev–Trinajstić information content (AvgIpc) is 2.72. The Labute approximate surface area is 193 Å². The molecule has 0 saturated carbocycles. The molecule has 0 radical (unpaired) electrons. The Morgan fingerprint density at radius 3 is 2.32 bits per heavy atom. The van der Waals surface area contributed by atoms with Gasteiger partial charge < -0.3 is 19.7 Å². The van der Waals surface area contributed by atoms with E-state index in [0.717, 1.165) is 5.56 Å². The van der Waals surface area contributed by atoms with E-state index in [9.17, 15) is 9.59 Å². The van der Waals surface area contributed by atoms with Gasteiger partial charge in [-0.3, -0.25) is 9.59 Å². The number of hydrogen-bond acceptors (Lipinski definition) is 4. The molecule has 0 unspecified atom stereocenters. The SMILES string of the molecule is CC[C@@H](C(=O)NC(C)C)N(Cc1ccc(OC)cc1)C(=O)COc1ccc(Cl)cc1Cl. The number of ether oxygens (including phenoxy) is 2. The molecular weight excluding hydrogens is 439 g/mol. The molecule has 2 aromatic carbocycles. The van der Waals surface area contributed by atoms with Crippen LogP contribution >= 0.6 is 23.2 Å². The number of halogens is 2. The van der Waals surface area contributed by atoms with E-state index in [0.29, 0.717) is 28.0 Å². The van der Waals surface area contributed by atoms with Gasteiger partial charge >= 0.3 is 0 Å². The molecule has 1 N–H and O–H groups in total. The number of amides is 2. The lowest BCUT2D eigenvalue weighted by molar-refractivity contribution is -0.143. The maximum atomic E-state index is 13.1. The largest absolute Gasteiger partial charge is 0.497 e. The molecule has 2 rings (SSSR count). The van der Waals surface area contributed by atoms with Gasteiger partial charge in [-0.1, -0.05) is 42.3 Å². The third-order valence-electron chi connectivity index (χ3n) is 4.57. The predicted octanol–water partition coefficient (Wildman–Crippen LogP) is 4.71. The summed E-state index contributed by atoms with van der Waals surface area (Å²) >= 11 is 12.0. The van der Waals surface area contributed by atoms with Crippen molar-refractivity contribution in [3.05, 3.63) is 58.1 Å². The maximum Gasteiger partial charge on any atom is 0.261 e. The van der Waals surface area contributed by atoms with Crippen LogP contribution in [-0.2, 0) is 16.1 Å². The average molecular weight is 467 g/mol. The zero-order valence-electron chi connectivity index (χ0n) is 18.2. The Morgan fingerprint density at radius 2 is 1.77 bits per heavy atom. The topological polar surface area (TPSA) is 67.9 Å². The van der Waals surface area contributed by atoms with Crippen LogP contribution in [0.2, 0.25) is 10.0 Å². The van der Waals surface area contributed by atoms with Crippen LogP contribution in [0.5, 0.6) is 11.5 Å². The van der Waals surface area contributed by atoms with Crippen molar-refractivity contribution in [1.82, 2.24) is 10.2 Å². The summed E-state index contributed by atoms with van der Waals surface area (Å²) in [6, 6.07) is 11.5. The lowest BCUT2D eigenvalue weighted by Crippen LogP contribution is -2.51. The molecule has 2 aromatic rings. The Morgan fingerprint density at radius 1 is 1.10 bits per heavy atom. The van der Waals surface area contributed by atoms with Gasteiger partial charge in [-0.2, -0.15) is 0 Å². The Hall–Kier alpha value is -2.44. The van der Waals surface area contributed by atoms with Gasteiger partial charge in [0.1, 0.15) is 17.5 Å². The molecule has 0 saturated heterocycles. The minimum absolute atomic E-state index is 0.0383. The van der Waals surface area contributed by atoms with Crippen LogP contribution < -0.4 is 14.8 Å². The fraction of sp³-hybridized carbons (Fsp3) is 0.391. The minimum atomic E-state index is -0.638. The molecule has 0 aliphatic heterocycles. The van der Waals surface area contributed by atoms with E-state index in [1.54, 1.807) is 25.3 Å². The summed E-state index contributed by atoms with van der Waals surface area (Å²) in [5.41, 5.74) is 0.870.